The fourth-order valence-corrected chi connectivity index (χ4v) is 2.78. The number of nitrogens with zero attached hydrogens (tertiary/aromatic N) is 1. The second-order valence-electron chi connectivity index (χ2n) is 7.61. The average Bonchev–Trinajstić information content (AvgIpc) is 2.60. The van der Waals surface area contributed by atoms with E-state index < -0.39 is 5.60 Å². The van der Waals surface area contributed by atoms with Gasteiger partial charge in [-0.3, -0.25) is 4.48 Å². The third-order valence-corrected chi connectivity index (χ3v) is 4.03. The Morgan fingerprint density at radius 1 is 1.07 bits per heavy atom. The molecule has 2 aromatic carbocycles. The molecule has 0 heterocycles. The van der Waals surface area contributed by atoms with Gasteiger partial charge in [-0.1, -0.05) is 51.1 Å². The number of para-hydroxylation sites is 1. The highest BCUT2D eigenvalue weighted by molar-refractivity contribution is 5.89. The molecule has 1 unspecified atom stereocenters. The normalized spacial score (nSPS) is 14.3. The van der Waals surface area contributed by atoms with Gasteiger partial charge in [0.1, 0.15) is 24.4 Å². The van der Waals surface area contributed by atoms with Crippen molar-refractivity contribution in [3.8, 4) is 0 Å². The summed E-state index contributed by atoms with van der Waals surface area (Å²) in [6.45, 7) is 6.07. The molecule has 0 bridgehead atoms. The van der Waals surface area contributed by atoms with Crippen LogP contribution in [0.3, 0.4) is 0 Å². The number of quaternary nitrogens is 1. The van der Waals surface area contributed by atoms with Gasteiger partial charge in [0, 0.05) is 11.2 Å². The number of benzene rings is 2. The smallest absolute Gasteiger partial charge is 0.337 e. The molecule has 27 heavy (non-hydrogen) atoms. The van der Waals surface area contributed by atoms with Crippen molar-refractivity contribution in [2.45, 2.75) is 32.9 Å². The summed E-state index contributed by atoms with van der Waals surface area (Å²) in [6.07, 6.45) is 1.58. The van der Waals surface area contributed by atoms with Gasteiger partial charge in [0.15, 0.2) is 0 Å². The van der Waals surface area contributed by atoms with Crippen molar-refractivity contribution in [3.63, 3.8) is 0 Å². The van der Waals surface area contributed by atoms with Crippen LogP contribution >= 0.6 is 0 Å². The molecule has 0 N–H and O–H groups in total. The van der Waals surface area contributed by atoms with Gasteiger partial charge in [-0.2, -0.15) is 0 Å². The summed E-state index contributed by atoms with van der Waals surface area (Å²) in [7, 11) is 3.31. The molecule has 0 saturated carbocycles. The highest BCUT2D eigenvalue weighted by Gasteiger charge is 2.24. The maximum absolute atomic E-state index is 12.5. The molecular formula is C22H27NO4. The van der Waals surface area contributed by atoms with E-state index in [4.69, 9.17) is 9.47 Å². The highest BCUT2D eigenvalue weighted by atomic mass is 16.6. The third-order valence-electron chi connectivity index (χ3n) is 4.03. The molecular weight excluding hydrogens is 342 g/mol. The van der Waals surface area contributed by atoms with Crippen LogP contribution in [0.25, 0.3) is 0 Å². The minimum Gasteiger partial charge on any atom is -0.604 e. The summed E-state index contributed by atoms with van der Waals surface area (Å²) in [5, 5.41) is 12.5. The van der Waals surface area contributed by atoms with Gasteiger partial charge in [0.05, 0.1) is 19.7 Å². The first-order chi connectivity index (χ1) is 12.6. The van der Waals surface area contributed by atoms with Crippen LogP contribution in [0.4, 0.5) is 5.69 Å². The Morgan fingerprint density at radius 2 is 1.67 bits per heavy atom. The third kappa shape index (κ3) is 5.86. The van der Waals surface area contributed by atoms with Crippen LogP contribution in [-0.4, -0.2) is 25.7 Å². The standard InChI is InChI=1S/C22H27NO4/c1-22(2,3)27-20(24)16-23(4,19-9-7-6-8-10-19)15-17-11-13-18(14-12-17)21(25)26-5/h6-14,16H,15H2,1-5H3/b20-16+. The van der Waals surface area contributed by atoms with Crippen molar-refractivity contribution < 1.29 is 19.4 Å². The van der Waals surface area contributed by atoms with E-state index in [1.54, 1.807) is 18.3 Å². The van der Waals surface area contributed by atoms with E-state index in [0.29, 0.717) is 12.1 Å². The van der Waals surface area contributed by atoms with Crippen LogP contribution in [-0.2, 0) is 16.0 Å². The molecule has 0 spiro atoms. The lowest BCUT2D eigenvalue weighted by molar-refractivity contribution is -0.370. The largest absolute Gasteiger partial charge is 0.604 e. The SMILES string of the molecule is COC(=O)c1ccc(C[N+](C)(/C=C(\[O-])OC(C)(C)C)c2ccccc2)cc1. The number of carbonyl (C=O) groups is 1. The van der Waals surface area contributed by atoms with Crippen LogP contribution < -0.4 is 9.59 Å². The van der Waals surface area contributed by atoms with Crippen molar-refractivity contribution >= 4 is 11.7 Å². The quantitative estimate of drug-likeness (QED) is 0.444. The first-order valence-corrected chi connectivity index (χ1v) is 8.80. The first-order valence-electron chi connectivity index (χ1n) is 8.80. The van der Waals surface area contributed by atoms with Gasteiger partial charge in [-0.15, -0.1) is 0 Å². The van der Waals surface area contributed by atoms with Gasteiger partial charge in [0.2, 0.25) is 0 Å². The molecule has 2 rings (SSSR count). The van der Waals surface area contributed by atoms with E-state index in [1.807, 2.05) is 70.3 Å². The second kappa shape index (κ2) is 8.27. The number of ether oxygens (including phenoxy) is 2. The zero-order chi connectivity index (χ0) is 20.1. The molecule has 144 valence electrons. The molecule has 0 aliphatic carbocycles. The molecule has 0 fully saturated rings. The van der Waals surface area contributed by atoms with Crippen molar-refractivity contribution in [1.82, 2.24) is 4.48 Å². The number of hydrogen-bond acceptors (Lipinski definition) is 4. The maximum Gasteiger partial charge on any atom is 0.337 e. The monoisotopic (exact) mass is 369 g/mol. The van der Waals surface area contributed by atoms with E-state index >= 15 is 0 Å². The predicted octanol–water partition coefficient (Wildman–Crippen LogP) is 3.58. The predicted molar refractivity (Wildman–Crippen MR) is 105 cm³/mol. The summed E-state index contributed by atoms with van der Waals surface area (Å²) in [6, 6.07) is 17.0. The van der Waals surface area contributed by atoms with E-state index in [1.165, 1.54) is 7.11 Å². The Bertz CT molecular complexity index is 791. The summed E-state index contributed by atoms with van der Waals surface area (Å²) in [4.78, 5) is 11.6. The molecule has 0 amide bonds. The first kappa shape index (κ1) is 20.5. The zero-order valence-electron chi connectivity index (χ0n) is 16.6. The van der Waals surface area contributed by atoms with Gasteiger partial charge >= 0.3 is 5.97 Å². The summed E-state index contributed by atoms with van der Waals surface area (Å²) >= 11 is 0. The van der Waals surface area contributed by atoms with Crippen molar-refractivity contribution in [3.05, 3.63) is 77.9 Å². The maximum atomic E-state index is 12.5. The molecule has 0 radical (unpaired) electrons. The lowest BCUT2D eigenvalue weighted by Crippen LogP contribution is -2.40. The van der Waals surface area contributed by atoms with Crippen LogP contribution in [0.2, 0.25) is 0 Å². The molecule has 0 aliphatic rings. The number of methoxy groups -OCH3 is 1. The number of esters is 1. The zero-order valence-corrected chi connectivity index (χ0v) is 16.6. The van der Waals surface area contributed by atoms with E-state index in [0.717, 1.165) is 11.3 Å². The lowest BCUT2D eigenvalue weighted by atomic mass is 10.1. The highest BCUT2D eigenvalue weighted by Crippen LogP contribution is 2.26. The number of carbonyl (C=O) groups excluding carboxylic acids is 1. The van der Waals surface area contributed by atoms with Crippen LogP contribution in [0, 0.1) is 0 Å². The minimum absolute atomic E-state index is 0.243. The van der Waals surface area contributed by atoms with E-state index in [9.17, 15) is 9.90 Å². The van der Waals surface area contributed by atoms with Crippen LogP contribution in [0.15, 0.2) is 66.7 Å². The molecule has 0 aromatic heterocycles. The Labute approximate surface area is 161 Å². The number of rotatable bonds is 6. The van der Waals surface area contributed by atoms with Gasteiger partial charge in [-0.25, -0.2) is 4.79 Å². The Kier molecular flexibility index (Phi) is 6.28. The molecule has 1 atom stereocenters. The van der Waals surface area contributed by atoms with E-state index in [2.05, 4.69) is 0 Å². The molecule has 5 heteroatoms. The molecule has 5 nitrogen and oxygen atoms in total. The Hall–Kier alpha value is -2.79. The van der Waals surface area contributed by atoms with Crippen LogP contribution in [0.1, 0.15) is 36.7 Å². The van der Waals surface area contributed by atoms with E-state index in [-0.39, 0.29) is 16.4 Å². The Balaban J connectivity index is 2.36. The Morgan fingerprint density at radius 3 is 2.19 bits per heavy atom. The number of hydrogen-bond donors (Lipinski definition) is 0. The van der Waals surface area contributed by atoms with Crippen LogP contribution in [0.5, 0.6) is 0 Å². The fourth-order valence-electron chi connectivity index (χ4n) is 2.78. The summed E-state index contributed by atoms with van der Waals surface area (Å²) in [5.74, 6) is -0.748. The van der Waals surface area contributed by atoms with Crippen molar-refractivity contribution in [1.29, 1.82) is 0 Å². The fraction of sp³-hybridized carbons (Fsp3) is 0.318. The van der Waals surface area contributed by atoms with Gasteiger partial charge in [-0.05, 0) is 24.3 Å². The molecule has 2 aromatic rings. The average molecular weight is 369 g/mol. The summed E-state index contributed by atoms with van der Waals surface area (Å²) in [5.41, 5.74) is 1.87. The van der Waals surface area contributed by atoms with Crippen molar-refractivity contribution in [2.24, 2.45) is 0 Å². The second-order valence-corrected chi connectivity index (χ2v) is 7.61. The topological polar surface area (TPSA) is 58.6 Å². The van der Waals surface area contributed by atoms with Gasteiger partial charge in [0.25, 0.3) is 0 Å². The molecule has 0 saturated heterocycles. The minimum atomic E-state index is -0.558. The van der Waals surface area contributed by atoms with Crippen molar-refractivity contribution in [2.75, 3.05) is 14.2 Å². The summed E-state index contributed by atoms with van der Waals surface area (Å²) < 4.78 is 10.5. The van der Waals surface area contributed by atoms with Gasteiger partial charge < -0.3 is 14.6 Å². The molecule has 0 aliphatic heterocycles. The lowest BCUT2D eigenvalue weighted by Gasteiger charge is -2.35.